The Balaban J connectivity index is 1.86. The van der Waals surface area contributed by atoms with Gasteiger partial charge in [0.05, 0.1) is 25.2 Å². The van der Waals surface area contributed by atoms with Crippen LogP contribution in [-0.2, 0) is 26.2 Å². The molecule has 0 heterocycles. The van der Waals surface area contributed by atoms with E-state index in [0.29, 0.717) is 25.4 Å². The van der Waals surface area contributed by atoms with Crippen LogP contribution in [0.2, 0.25) is 0 Å². The number of amides is 1. The smallest absolute Gasteiger partial charge is 0.240 e. The predicted octanol–water partition coefficient (Wildman–Crippen LogP) is 2.40. The van der Waals surface area contributed by atoms with Crippen molar-refractivity contribution >= 4 is 21.6 Å². The molecule has 0 saturated carbocycles. The van der Waals surface area contributed by atoms with Gasteiger partial charge in [0.2, 0.25) is 15.9 Å². The summed E-state index contributed by atoms with van der Waals surface area (Å²) in [5.41, 5.74) is 3.57. The van der Waals surface area contributed by atoms with Crippen molar-refractivity contribution in [3.8, 4) is 0 Å². The molecular formula is C20H26N2O4S. The molecule has 27 heavy (non-hydrogen) atoms. The zero-order chi connectivity index (χ0) is 19.9. The van der Waals surface area contributed by atoms with Gasteiger partial charge in [0.1, 0.15) is 6.54 Å². The van der Waals surface area contributed by atoms with Gasteiger partial charge in [-0.2, -0.15) is 0 Å². The van der Waals surface area contributed by atoms with Crippen LogP contribution in [0, 0.1) is 13.8 Å². The summed E-state index contributed by atoms with van der Waals surface area (Å²) >= 11 is 0. The van der Waals surface area contributed by atoms with Gasteiger partial charge in [-0.25, -0.2) is 8.42 Å². The van der Waals surface area contributed by atoms with E-state index >= 15 is 0 Å². The SMILES string of the molecule is Cc1ccc(N(CC(=O)NCCOCc2ccccc2)S(C)(=O)=O)cc1C. The molecule has 0 radical (unpaired) electrons. The maximum Gasteiger partial charge on any atom is 0.240 e. The number of benzene rings is 2. The number of aryl methyl sites for hydroxylation is 2. The van der Waals surface area contributed by atoms with Crippen LogP contribution in [0.15, 0.2) is 48.5 Å². The Morgan fingerprint density at radius 2 is 1.78 bits per heavy atom. The molecule has 1 N–H and O–H groups in total. The highest BCUT2D eigenvalue weighted by molar-refractivity contribution is 7.92. The van der Waals surface area contributed by atoms with Crippen molar-refractivity contribution in [2.45, 2.75) is 20.5 Å². The first kappa shape index (κ1) is 20.9. The summed E-state index contributed by atoms with van der Waals surface area (Å²) in [7, 11) is -3.57. The molecule has 7 heteroatoms. The largest absolute Gasteiger partial charge is 0.375 e. The minimum Gasteiger partial charge on any atom is -0.375 e. The van der Waals surface area contributed by atoms with Crippen molar-refractivity contribution in [1.82, 2.24) is 5.32 Å². The van der Waals surface area contributed by atoms with Crippen molar-refractivity contribution < 1.29 is 17.9 Å². The molecule has 0 atom stereocenters. The highest BCUT2D eigenvalue weighted by Gasteiger charge is 2.21. The van der Waals surface area contributed by atoms with Crippen LogP contribution in [0.5, 0.6) is 0 Å². The lowest BCUT2D eigenvalue weighted by molar-refractivity contribution is -0.119. The van der Waals surface area contributed by atoms with Gasteiger partial charge < -0.3 is 10.1 Å². The van der Waals surface area contributed by atoms with E-state index in [9.17, 15) is 13.2 Å². The molecule has 2 rings (SSSR count). The van der Waals surface area contributed by atoms with Gasteiger partial charge in [-0.1, -0.05) is 36.4 Å². The predicted molar refractivity (Wildman–Crippen MR) is 107 cm³/mol. The van der Waals surface area contributed by atoms with E-state index in [2.05, 4.69) is 5.32 Å². The van der Waals surface area contributed by atoms with Gasteiger partial charge >= 0.3 is 0 Å². The fourth-order valence-corrected chi connectivity index (χ4v) is 3.34. The van der Waals surface area contributed by atoms with E-state index in [1.165, 1.54) is 0 Å². The Morgan fingerprint density at radius 3 is 2.41 bits per heavy atom. The average molecular weight is 391 g/mol. The third-order valence-corrected chi connectivity index (χ3v) is 5.29. The summed E-state index contributed by atoms with van der Waals surface area (Å²) in [6.07, 6.45) is 1.10. The lowest BCUT2D eigenvalue weighted by atomic mass is 10.1. The fourth-order valence-electron chi connectivity index (χ4n) is 2.49. The summed E-state index contributed by atoms with van der Waals surface area (Å²) in [6.45, 7) is 4.73. The van der Waals surface area contributed by atoms with Crippen LogP contribution >= 0.6 is 0 Å². The Labute approximate surface area is 161 Å². The molecule has 0 bridgehead atoms. The molecule has 0 fully saturated rings. The Bertz CT molecular complexity index is 867. The molecule has 0 spiro atoms. The quantitative estimate of drug-likeness (QED) is 0.667. The second-order valence-corrected chi connectivity index (χ2v) is 8.33. The van der Waals surface area contributed by atoms with Crippen molar-refractivity contribution in [2.75, 3.05) is 30.3 Å². The molecule has 0 saturated heterocycles. The second kappa shape index (κ2) is 9.53. The number of nitrogens with zero attached hydrogens (tertiary/aromatic N) is 1. The van der Waals surface area contributed by atoms with Crippen molar-refractivity contribution in [1.29, 1.82) is 0 Å². The Kier molecular flexibility index (Phi) is 7.38. The summed E-state index contributed by atoms with van der Waals surface area (Å²) in [5, 5.41) is 2.70. The number of sulfonamides is 1. The third-order valence-electron chi connectivity index (χ3n) is 4.15. The summed E-state index contributed by atoms with van der Waals surface area (Å²) in [4.78, 5) is 12.2. The zero-order valence-electron chi connectivity index (χ0n) is 15.9. The normalized spacial score (nSPS) is 11.2. The fraction of sp³-hybridized carbons (Fsp3) is 0.350. The highest BCUT2D eigenvalue weighted by atomic mass is 32.2. The van der Waals surface area contributed by atoms with E-state index < -0.39 is 10.0 Å². The molecule has 1 amide bonds. The first-order chi connectivity index (χ1) is 12.8. The molecule has 0 aliphatic rings. The highest BCUT2D eigenvalue weighted by Crippen LogP contribution is 2.20. The lowest BCUT2D eigenvalue weighted by Gasteiger charge is -2.22. The van der Waals surface area contributed by atoms with Gasteiger partial charge in [0, 0.05) is 6.54 Å². The molecule has 0 aromatic heterocycles. The number of carbonyl (C=O) groups is 1. The minimum absolute atomic E-state index is 0.264. The third kappa shape index (κ3) is 6.69. The number of carbonyl (C=O) groups excluding carboxylic acids is 1. The molecule has 0 unspecified atom stereocenters. The van der Waals surface area contributed by atoms with E-state index in [0.717, 1.165) is 27.3 Å². The molecule has 6 nitrogen and oxygen atoms in total. The molecule has 2 aromatic rings. The van der Waals surface area contributed by atoms with E-state index in [4.69, 9.17) is 4.74 Å². The Hall–Kier alpha value is -2.38. The second-order valence-electron chi connectivity index (χ2n) is 6.43. The number of hydrogen-bond acceptors (Lipinski definition) is 4. The molecular weight excluding hydrogens is 364 g/mol. The van der Waals surface area contributed by atoms with Crippen molar-refractivity contribution in [3.05, 3.63) is 65.2 Å². The van der Waals surface area contributed by atoms with E-state index in [1.807, 2.05) is 50.2 Å². The molecule has 2 aromatic carbocycles. The number of ether oxygens (including phenoxy) is 1. The maximum absolute atomic E-state index is 12.2. The van der Waals surface area contributed by atoms with Crippen molar-refractivity contribution in [3.63, 3.8) is 0 Å². The first-order valence-corrected chi connectivity index (χ1v) is 10.6. The van der Waals surface area contributed by atoms with Gasteiger partial charge in [0.25, 0.3) is 0 Å². The average Bonchev–Trinajstić information content (AvgIpc) is 2.62. The minimum atomic E-state index is -3.57. The summed E-state index contributed by atoms with van der Waals surface area (Å²) in [5.74, 6) is -0.373. The van der Waals surface area contributed by atoms with E-state index in [-0.39, 0.29) is 12.5 Å². The van der Waals surface area contributed by atoms with Gasteiger partial charge in [-0.3, -0.25) is 9.10 Å². The molecule has 0 aliphatic heterocycles. The van der Waals surface area contributed by atoms with Crippen molar-refractivity contribution in [2.24, 2.45) is 0 Å². The topological polar surface area (TPSA) is 75.7 Å². The number of nitrogens with one attached hydrogen (secondary N) is 1. The zero-order valence-corrected chi connectivity index (χ0v) is 16.8. The van der Waals surface area contributed by atoms with Crippen LogP contribution < -0.4 is 9.62 Å². The monoisotopic (exact) mass is 390 g/mol. The van der Waals surface area contributed by atoms with Crippen LogP contribution in [0.25, 0.3) is 0 Å². The van der Waals surface area contributed by atoms with Gasteiger partial charge in [-0.05, 0) is 42.7 Å². The van der Waals surface area contributed by atoms with Crippen LogP contribution in [-0.4, -0.2) is 40.3 Å². The van der Waals surface area contributed by atoms with Crippen LogP contribution in [0.1, 0.15) is 16.7 Å². The number of hydrogen-bond donors (Lipinski definition) is 1. The first-order valence-electron chi connectivity index (χ1n) is 8.70. The maximum atomic E-state index is 12.2. The molecule has 0 aliphatic carbocycles. The summed E-state index contributed by atoms with van der Waals surface area (Å²) < 4.78 is 30.9. The van der Waals surface area contributed by atoms with Crippen LogP contribution in [0.3, 0.4) is 0 Å². The molecule has 146 valence electrons. The standard InChI is InChI=1S/C20H26N2O4S/c1-16-9-10-19(13-17(16)2)22(27(3,24)25)14-20(23)21-11-12-26-15-18-7-5-4-6-8-18/h4-10,13H,11-12,14-15H2,1-3H3,(H,21,23). The lowest BCUT2D eigenvalue weighted by Crippen LogP contribution is -2.41. The Morgan fingerprint density at radius 1 is 1.07 bits per heavy atom. The van der Waals surface area contributed by atoms with E-state index in [1.54, 1.807) is 12.1 Å². The van der Waals surface area contributed by atoms with Crippen LogP contribution in [0.4, 0.5) is 5.69 Å². The number of rotatable bonds is 9. The van der Waals surface area contributed by atoms with Gasteiger partial charge in [0.15, 0.2) is 0 Å². The summed E-state index contributed by atoms with van der Waals surface area (Å²) in [6, 6.07) is 15.1. The van der Waals surface area contributed by atoms with Gasteiger partial charge in [-0.15, -0.1) is 0 Å². The number of anilines is 1.